The van der Waals surface area contributed by atoms with Crippen molar-refractivity contribution in [2.45, 2.75) is 13.5 Å². The number of rotatable bonds is 4. The standard InChI is InChI=1S/C15H12F3NO2/c1-9(19-20)11-7-10(16)5-6-15(11)21-8-12-13(17)3-2-4-14(12)18/h2-7,20H,8H2,1H3/b19-9-. The molecule has 0 aliphatic heterocycles. The largest absolute Gasteiger partial charge is 0.488 e. The van der Waals surface area contributed by atoms with Crippen molar-refractivity contribution in [2.75, 3.05) is 0 Å². The summed E-state index contributed by atoms with van der Waals surface area (Å²) < 4.78 is 45.5. The molecule has 3 nitrogen and oxygen atoms in total. The molecule has 110 valence electrons. The third kappa shape index (κ3) is 3.34. The number of ether oxygens (including phenoxy) is 1. The SMILES string of the molecule is C/C(=N/O)c1cc(F)ccc1OCc1c(F)cccc1F. The fourth-order valence-electron chi connectivity index (χ4n) is 1.78. The number of benzene rings is 2. The van der Waals surface area contributed by atoms with Crippen molar-refractivity contribution in [3.05, 3.63) is 65.0 Å². The Bertz CT molecular complexity index is 666. The van der Waals surface area contributed by atoms with E-state index in [1.807, 2.05) is 0 Å². The van der Waals surface area contributed by atoms with Crippen molar-refractivity contribution in [3.63, 3.8) is 0 Å². The van der Waals surface area contributed by atoms with Crippen LogP contribution in [0, 0.1) is 17.5 Å². The fourth-order valence-corrected chi connectivity index (χ4v) is 1.78. The maximum absolute atomic E-state index is 13.5. The molecule has 0 unspecified atom stereocenters. The average molecular weight is 295 g/mol. The predicted molar refractivity (Wildman–Crippen MR) is 71.1 cm³/mol. The second-order valence-corrected chi connectivity index (χ2v) is 4.31. The molecular formula is C15H12F3NO2. The van der Waals surface area contributed by atoms with Crippen LogP contribution in [0.1, 0.15) is 18.1 Å². The molecule has 2 aromatic carbocycles. The van der Waals surface area contributed by atoms with Gasteiger partial charge in [-0.15, -0.1) is 0 Å². The number of oxime groups is 1. The monoisotopic (exact) mass is 295 g/mol. The maximum atomic E-state index is 13.5. The van der Waals surface area contributed by atoms with Crippen LogP contribution >= 0.6 is 0 Å². The van der Waals surface area contributed by atoms with E-state index in [-0.39, 0.29) is 29.2 Å². The highest BCUT2D eigenvalue weighted by molar-refractivity contribution is 6.00. The van der Waals surface area contributed by atoms with Gasteiger partial charge in [0.1, 0.15) is 29.8 Å². The summed E-state index contributed by atoms with van der Waals surface area (Å²) in [6.07, 6.45) is 0. The first-order valence-electron chi connectivity index (χ1n) is 6.07. The Labute approximate surface area is 119 Å². The lowest BCUT2D eigenvalue weighted by molar-refractivity contribution is 0.290. The number of nitrogens with zero attached hydrogens (tertiary/aromatic N) is 1. The van der Waals surface area contributed by atoms with E-state index in [0.29, 0.717) is 0 Å². The Morgan fingerprint density at radius 3 is 2.43 bits per heavy atom. The Kier molecular flexibility index (Phi) is 4.47. The molecule has 0 aromatic heterocycles. The second kappa shape index (κ2) is 6.30. The lowest BCUT2D eigenvalue weighted by Gasteiger charge is -2.12. The van der Waals surface area contributed by atoms with E-state index >= 15 is 0 Å². The molecule has 2 rings (SSSR count). The molecule has 0 saturated carbocycles. The van der Waals surface area contributed by atoms with Crippen LogP contribution in [0.4, 0.5) is 13.2 Å². The van der Waals surface area contributed by atoms with Gasteiger partial charge in [0.25, 0.3) is 0 Å². The normalized spacial score (nSPS) is 11.5. The summed E-state index contributed by atoms with van der Waals surface area (Å²) in [5, 5.41) is 11.7. The molecule has 0 bridgehead atoms. The van der Waals surface area contributed by atoms with Gasteiger partial charge in [-0.2, -0.15) is 0 Å². The Balaban J connectivity index is 2.28. The summed E-state index contributed by atoms with van der Waals surface area (Å²) in [4.78, 5) is 0. The Morgan fingerprint density at radius 1 is 1.14 bits per heavy atom. The summed E-state index contributed by atoms with van der Waals surface area (Å²) in [6, 6.07) is 7.04. The minimum atomic E-state index is -0.730. The third-order valence-corrected chi connectivity index (χ3v) is 2.92. The van der Waals surface area contributed by atoms with Crippen molar-refractivity contribution in [2.24, 2.45) is 5.16 Å². The van der Waals surface area contributed by atoms with Gasteiger partial charge in [0.15, 0.2) is 0 Å². The summed E-state index contributed by atoms with van der Waals surface area (Å²) in [7, 11) is 0. The lowest BCUT2D eigenvalue weighted by atomic mass is 10.1. The second-order valence-electron chi connectivity index (χ2n) is 4.31. The average Bonchev–Trinajstić information content (AvgIpc) is 2.47. The molecule has 2 aromatic rings. The minimum absolute atomic E-state index is 0.124. The van der Waals surface area contributed by atoms with Gasteiger partial charge in [0.2, 0.25) is 0 Å². The van der Waals surface area contributed by atoms with Crippen LogP contribution in [0.25, 0.3) is 0 Å². The van der Waals surface area contributed by atoms with E-state index in [2.05, 4.69) is 5.16 Å². The molecule has 0 aliphatic carbocycles. The first kappa shape index (κ1) is 14.9. The number of halogens is 3. The summed E-state index contributed by atoms with van der Waals surface area (Å²) in [5.74, 6) is -1.84. The van der Waals surface area contributed by atoms with Gasteiger partial charge < -0.3 is 9.94 Å². The summed E-state index contributed by atoms with van der Waals surface area (Å²) in [6.45, 7) is 1.08. The van der Waals surface area contributed by atoms with Crippen molar-refractivity contribution in [1.29, 1.82) is 0 Å². The van der Waals surface area contributed by atoms with Gasteiger partial charge in [0.05, 0.1) is 11.3 Å². The molecule has 21 heavy (non-hydrogen) atoms. The van der Waals surface area contributed by atoms with Crippen molar-refractivity contribution < 1.29 is 23.1 Å². The molecule has 0 amide bonds. The van der Waals surface area contributed by atoms with E-state index in [1.165, 1.54) is 19.1 Å². The van der Waals surface area contributed by atoms with Crippen LogP contribution in [-0.4, -0.2) is 10.9 Å². The molecule has 1 N–H and O–H groups in total. The first-order valence-corrected chi connectivity index (χ1v) is 6.07. The van der Waals surface area contributed by atoms with E-state index in [0.717, 1.165) is 24.3 Å². The number of hydrogen-bond acceptors (Lipinski definition) is 3. The predicted octanol–water partition coefficient (Wildman–Crippen LogP) is 3.88. The fraction of sp³-hybridized carbons (Fsp3) is 0.133. The molecule has 0 atom stereocenters. The quantitative estimate of drug-likeness (QED) is 0.528. The van der Waals surface area contributed by atoms with Gasteiger partial charge in [-0.3, -0.25) is 0 Å². The molecular weight excluding hydrogens is 283 g/mol. The highest BCUT2D eigenvalue weighted by Gasteiger charge is 2.13. The van der Waals surface area contributed by atoms with Crippen LogP contribution in [0.5, 0.6) is 5.75 Å². The zero-order valence-electron chi connectivity index (χ0n) is 11.1. The van der Waals surface area contributed by atoms with E-state index in [4.69, 9.17) is 9.94 Å². The summed E-state index contributed by atoms with van der Waals surface area (Å²) in [5.41, 5.74) is 0.0964. The van der Waals surface area contributed by atoms with Crippen molar-refractivity contribution in [1.82, 2.24) is 0 Å². The van der Waals surface area contributed by atoms with Crippen LogP contribution < -0.4 is 4.74 Å². The Hall–Kier alpha value is -2.50. The molecule has 0 spiro atoms. The molecule has 0 fully saturated rings. The zero-order valence-corrected chi connectivity index (χ0v) is 11.1. The highest BCUT2D eigenvalue weighted by Crippen LogP contribution is 2.23. The molecule has 0 radical (unpaired) electrons. The van der Waals surface area contributed by atoms with Gasteiger partial charge in [-0.05, 0) is 37.3 Å². The van der Waals surface area contributed by atoms with E-state index in [1.54, 1.807) is 0 Å². The maximum Gasteiger partial charge on any atom is 0.132 e. The minimum Gasteiger partial charge on any atom is -0.488 e. The molecule has 0 heterocycles. The number of hydrogen-bond donors (Lipinski definition) is 1. The van der Waals surface area contributed by atoms with Gasteiger partial charge in [0, 0.05) is 5.56 Å². The topological polar surface area (TPSA) is 41.8 Å². The first-order chi connectivity index (χ1) is 10.0. The molecule has 0 saturated heterocycles. The Morgan fingerprint density at radius 2 is 1.81 bits per heavy atom. The van der Waals surface area contributed by atoms with Crippen LogP contribution in [0.3, 0.4) is 0 Å². The van der Waals surface area contributed by atoms with Crippen LogP contribution in [0.2, 0.25) is 0 Å². The summed E-state index contributed by atoms with van der Waals surface area (Å²) >= 11 is 0. The smallest absolute Gasteiger partial charge is 0.132 e. The lowest BCUT2D eigenvalue weighted by Crippen LogP contribution is -2.06. The van der Waals surface area contributed by atoms with Crippen LogP contribution in [-0.2, 0) is 6.61 Å². The van der Waals surface area contributed by atoms with Gasteiger partial charge >= 0.3 is 0 Å². The third-order valence-electron chi connectivity index (χ3n) is 2.92. The van der Waals surface area contributed by atoms with Gasteiger partial charge in [-0.25, -0.2) is 13.2 Å². The van der Waals surface area contributed by atoms with E-state index in [9.17, 15) is 13.2 Å². The van der Waals surface area contributed by atoms with Crippen molar-refractivity contribution >= 4 is 5.71 Å². The molecule has 6 heteroatoms. The van der Waals surface area contributed by atoms with E-state index < -0.39 is 17.5 Å². The molecule has 0 aliphatic rings. The zero-order chi connectivity index (χ0) is 15.4. The van der Waals surface area contributed by atoms with Gasteiger partial charge in [-0.1, -0.05) is 11.2 Å². The van der Waals surface area contributed by atoms with Crippen LogP contribution in [0.15, 0.2) is 41.6 Å². The highest BCUT2D eigenvalue weighted by atomic mass is 19.1. The van der Waals surface area contributed by atoms with Crippen molar-refractivity contribution in [3.8, 4) is 5.75 Å².